The van der Waals surface area contributed by atoms with E-state index in [9.17, 15) is 9.59 Å². The van der Waals surface area contributed by atoms with Crippen LogP contribution in [0.25, 0.3) is 5.70 Å². The number of carbonyl (C=O) groups is 2. The number of carbonyl (C=O) groups excluding carboxylic acids is 2. The van der Waals surface area contributed by atoms with Gasteiger partial charge < -0.3 is 24.0 Å². The average molecular weight is 520 g/mol. The zero-order valence-electron chi connectivity index (χ0n) is 20.9. The van der Waals surface area contributed by atoms with Crippen LogP contribution in [0.5, 0.6) is 5.75 Å². The zero-order chi connectivity index (χ0) is 25.8. The first kappa shape index (κ1) is 25.1. The summed E-state index contributed by atoms with van der Waals surface area (Å²) < 4.78 is 16.7. The molecule has 0 aromatic heterocycles. The third kappa shape index (κ3) is 5.01. The predicted octanol–water partition coefficient (Wildman–Crippen LogP) is 4.22. The molecule has 0 saturated carbocycles. The van der Waals surface area contributed by atoms with Gasteiger partial charge in [0, 0.05) is 29.9 Å². The highest BCUT2D eigenvalue weighted by molar-refractivity contribution is 8.16. The summed E-state index contributed by atoms with van der Waals surface area (Å²) in [5.41, 5.74) is 3.36. The van der Waals surface area contributed by atoms with Crippen molar-refractivity contribution in [1.29, 1.82) is 0 Å². The van der Waals surface area contributed by atoms with Gasteiger partial charge in [-0.25, -0.2) is 9.79 Å². The molecule has 0 radical (unpaired) electrons. The minimum atomic E-state index is -0.586. The Kier molecular flexibility index (Phi) is 7.62. The molecule has 0 N–H and O–H groups in total. The second kappa shape index (κ2) is 11.2. The van der Waals surface area contributed by atoms with Gasteiger partial charge in [-0.2, -0.15) is 0 Å². The number of hydrogen-bond acceptors (Lipinski definition) is 8. The quantitative estimate of drug-likeness (QED) is 0.507. The number of fused-ring (bicyclic) bond motifs is 1. The van der Waals surface area contributed by atoms with Crippen molar-refractivity contribution >= 4 is 34.5 Å². The van der Waals surface area contributed by atoms with E-state index in [0.29, 0.717) is 48.5 Å². The fraction of sp³-hybridized carbons (Fsp3) is 0.321. The highest BCUT2D eigenvalue weighted by atomic mass is 32.2. The van der Waals surface area contributed by atoms with Crippen LogP contribution in [0.2, 0.25) is 0 Å². The molecule has 1 fully saturated rings. The minimum absolute atomic E-state index is 0.0192. The van der Waals surface area contributed by atoms with Crippen LogP contribution < -0.4 is 4.74 Å². The largest absolute Gasteiger partial charge is 0.496 e. The fourth-order valence-electron chi connectivity index (χ4n) is 4.75. The van der Waals surface area contributed by atoms with E-state index in [1.54, 1.807) is 14.0 Å². The summed E-state index contributed by atoms with van der Waals surface area (Å²) in [6, 6.07) is 16.7. The Balaban J connectivity index is 1.63. The Hall–Kier alpha value is -3.56. The van der Waals surface area contributed by atoms with Gasteiger partial charge in [-0.15, -0.1) is 0 Å². The van der Waals surface area contributed by atoms with Crippen molar-refractivity contribution < 1.29 is 23.8 Å². The number of thioether (sulfide) groups is 1. The third-order valence-electron chi connectivity index (χ3n) is 6.48. The van der Waals surface area contributed by atoms with E-state index < -0.39 is 12.0 Å². The van der Waals surface area contributed by atoms with Gasteiger partial charge in [-0.3, -0.25) is 4.79 Å². The molecule has 1 amide bonds. The lowest BCUT2D eigenvalue weighted by Crippen LogP contribution is -2.42. The molecular formula is C28H29N3O5S. The first-order valence-electron chi connectivity index (χ1n) is 12.3. The van der Waals surface area contributed by atoms with Crippen molar-refractivity contribution in [1.82, 2.24) is 9.80 Å². The van der Waals surface area contributed by atoms with E-state index in [0.717, 1.165) is 16.8 Å². The number of para-hydroxylation sites is 1. The molecule has 9 heteroatoms. The summed E-state index contributed by atoms with van der Waals surface area (Å²) >= 11 is 1.45. The van der Waals surface area contributed by atoms with Gasteiger partial charge in [0.2, 0.25) is 5.91 Å². The number of rotatable bonds is 7. The van der Waals surface area contributed by atoms with Gasteiger partial charge in [-0.1, -0.05) is 60.3 Å². The molecule has 2 aromatic rings. The van der Waals surface area contributed by atoms with Crippen molar-refractivity contribution in [2.24, 2.45) is 4.99 Å². The molecule has 0 bridgehead atoms. The van der Waals surface area contributed by atoms with Crippen LogP contribution in [0.15, 0.2) is 76.3 Å². The Bertz CT molecular complexity index is 1270. The van der Waals surface area contributed by atoms with Crippen LogP contribution in [0.3, 0.4) is 0 Å². The molecule has 3 aliphatic rings. The Morgan fingerprint density at radius 2 is 1.81 bits per heavy atom. The van der Waals surface area contributed by atoms with Gasteiger partial charge in [-0.05, 0) is 18.4 Å². The zero-order valence-corrected chi connectivity index (χ0v) is 21.7. The average Bonchev–Trinajstić information content (AvgIpc) is 3.35. The van der Waals surface area contributed by atoms with E-state index >= 15 is 0 Å². The van der Waals surface area contributed by atoms with Crippen LogP contribution in [-0.4, -0.2) is 66.9 Å². The number of benzene rings is 2. The molecule has 3 heterocycles. The summed E-state index contributed by atoms with van der Waals surface area (Å²) in [5, 5.41) is 2.66. The summed E-state index contributed by atoms with van der Waals surface area (Å²) in [6.45, 7) is 4.23. The minimum Gasteiger partial charge on any atom is -0.496 e. The summed E-state index contributed by atoms with van der Waals surface area (Å²) in [6.07, 6.45) is 0.189. The summed E-state index contributed by atoms with van der Waals surface area (Å²) in [7, 11) is 1.61. The Morgan fingerprint density at radius 3 is 2.54 bits per heavy atom. The maximum Gasteiger partial charge on any atom is 0.338 e. The monoisotopic (exact) mass is 519 g/mol. The summed E-state index contributed by atoms with van der Waals surface area (Å²) in [5.74, 6) is 0.209. The smallest absolute Gasteiger partial charge is 0.338 e. The first-order valence-corrected chi connectivity index (χ1v) is 13.2. The van der Waals surface area contributed by atoms with Crippen molar-refractivity contribution in [3.8, 4) is 5.75 Å². The molecule has 37 heavy (non-hydrogen) atoms. The fourth-order valence-corrected chi connectivity index (χ4v) is 5.67. The van der Waals surface area contributed by atoms with E-state index in [4.69, 9.17) is 19.2 Å². The van der Waals surface area contributed by atoms with Crippen LogP contribution >= 0.6 is 11.8 Å². The third-order valence-corrected chi connectivity index (χ3v) is 7.37. The number of hydrogen-bond donors (Lipinski definition) is 0. The lowest BCUT2D eigenvalue weighted by Gasteiger charge is -2.37. The van der Waals surface area contributed by atoms with Crippen molar-refractivity contribution in [3.05, 3.63) is 82.4 Å². The molecule has 0 aliphatic carbocycles. The normalized spacial score (nSPS) is 19.2. The van der Waals surface area contributed by atoms with Gasteiger partial charge >= 0.3 is 5.97 Å². The molecule has 2 aromatic carbocycles. The van der Waals surface area contributed by atoms with Gasteiger partial charge in [0.05, 0.1) is 50.7 Å². The van der Waals surface area contributed by atoms with Crippen LogP contribution in [0.1, 0.15) is 30.5 Å². The van der Waals surface area contributed by atoms with E-state index in [1.807, 2.05) is 69.8 Å². The van der Waals surface area contributed by atoms with Crippen LogP contribution in [0, 0.1) is 0 Å². The standard InChI is InChI=1S/C28H29N3O5S/c1-3-36-27(33)24-25(19-9-5-4-6-10-19)29-28-31(26(24)21-11-7-8-12-22(21)34-2)20(18-37-28)17-23(32)30-13-15-35-16-14-30/h4-12,18,26H,3,13-17H2,1-2H3/t26-/m1/s1. The highest BCUT2D eigenvalue weighted by Crippen LogP contribution is 2.48. The van der Waals surface area contributed by atoms with E-state index in [1.165, 1.54) is 11.8 Å². The predicted molar refractivity (Wildman–Crippen MR) is 143 cm³/mol. The van der Waals surface area contributed by atoms with E-state index in [2.05, 4.69) is 0 Å². The van der Waals surface area contributed by atoms with Crippen molar-refractivity contribution in [2.75, 3.05) is 40.0 Å². The molecule has 1 atom stereocenters. The number of esters is 1. The molecule has 0 unspecified atom stereocenters. The van der Waals surface area contributed by atoms with E-state index in [-0.39, 0.29) is 18.9 Å². The molecule has 8 nitrogen and oxygen atoms in total. The lowest BCUT2D eigenvalue weighted by atomic mass is 9.91. The Morgan fingerprint density at radius 1 is 1.08 bits per heavy atom. The van der Waals surface area contributed by atoms with Crippen LogP contribution in [0.4, 0.5) is 0 Å². The topological polar surface area (TPSA) is 80.7 Å². The lowest BCUT2D eigenvalue weighted by molar-refractivity contribution is -0.139. The molecular weight excluding hydrogens is 490 g/mol. The number of ether oxygens (including phenoxy) is 3. The van der Waals surface area contributed by atoms with Gasteiger partial charge in [0.1, 0.15) is 5.75 Å². The number of morpholine rings is 1. The maximum absolute atomic E-state index is 13.6. The number of aliphatic imine (C=N–C) groups is 1. The number of amidine groups is 1. The molecule has 3 aliphatic heterocycles. The van der Waals surface area contributed by atoms with Gasteiger partial charge in [0.15, 0.2) is 5.17 Å². The second-order valence-electron chi connectivity index (χ2n) is 8.65. The first-order chi connectivity index (χ1) is 18.1. The number of methoxy groups -OCH3 is 1. The van der Waals surface area contributed by atoms with Crippen molar-refractivity contribution in [2.45, 2.75) is 19.4 Å². The highest BCUT2D eigenvalue weighted by Gasteiger charge is 2.43. The van der Waals surface area contributed by atoms with Crippen molar-refractivity contribution in [3.63, 3.8) is 0 Å². The maximum atomic E-state index is 13.6. The molecule has 1 saturated heterocycles. The molecule has 192 valence electrons. The second-order valence-corrected chi connectivity index (χ2v) is 9.49. The SMILES string of the molecule is CCOC(=O)C1=C(c2ccccc2)N=C2SC=C(CC(=O)N3CCOCC3)N2[C@@H]1c1ccccc1OC. The molecule has 0 spiro atoms. The molecule has 5 rings (SSSR count). The Labute approximate surface area is 220 Å². The summed E-state index contributed by atoms with van der Waals surface area (Å²) in [4.78, 5) is 35.6. The number of amides is 1. The van der Waals surface area contributed by atoms with Gasteiger partial charge in [0.25, 0.3) is 0 Å². The number of nitrogens with zero attached hydrogens (tertiary/aromatic N) is 3. The van der Waals surface area contributed by atoms with Crippen LogP contribution in [-0.2, 0) is 19.1 Å².